The average molecular weight is 327 g/mol. The van der Waals surface area contributed by atoms with Crippen LogP contribution in [0.4, 0.5) is 0 Å². The van der Waals surface area contributed by atoms with Crippen LogP contribution in [0, 0.1) is 0 Å². The monoisotopic (exact) mass is 327 g/mol. The van der Waals surface area contributed by atoms with E-state index in [0.29, 0.717) is 16.4 Å². The summed E-state index contributed by atoms with van der Waals surface area (Å²) in [5.74, 6) is -0.349. The Balaban J connectivity index is 1.64. The fourth-order valence-corrected chi connectivity index (χ4v) is 2.71. The molecule has 0 radical (unpaired) electrons. The van der Waals surface area contributed by atoms with Crippen LogP contribution in [0.3, 0.4) is 0 Å². The van der Waals surface area contributed by atoms with Crippen molar-refractivity contribution in [2.24, 2.45) is 12.0 Å². The molecule has 0 unspecified atom stereocenters. The molecule has 0 saturated heterocycles. The highest BCUT2D eigenvalue weighted by atomic mass is 32.1. The molecule has 23 heavy (non-hydrogen) atoms. The van der Waals surface area contributed by atoms with Gasteiger partial charge >= 0.3 is 0 Å². The van der Waals surface area contributed by atoms with Gasteiger partial charge in [0.1, 0.15) is 0 Å². The fraction of sp³-hybridized carbons (Fsp3) is 0.235. The van der Waals surface area contributed by atoms with Crippen molar-refractivity contribution in [1.82, 2.24) is 9.88 Å². The normalized spacial score (nSPS) is 15.1. The third-order valence-corrected chi connectivity index (χ3v) is 4.32. The number of nitrogens with zero attached hydrogens (tertiary/aromatic N) is 2. The third-order valence-electron chi connectivity index (χ3n) is 3.47. The number of benzene rings is 1. The van der Waals surface area contributed by atoms with E-state index in [1.54, 1.807) is 22.8 Å². The number of aryl methyl sites for hydroxylation is 1. The number of aromatic nitrogens is 1. The second-order valence-corrected chi connectivity index (χ2v) is 6.32. The van der Waals surface area contributed by atoms with E-state index in [1.807, 2.05) is 30.8 Å². The maximum Gasteiger partial charge on any atom is 0.272 e. The Bertz CT molecular complexity index is 811. The smallest absolute Gasteiger partial charge is 0.272 e. The van der Waals surface area contributed by atoms with Crippen molar-refractivity contribution >= 4 is 29.2 Å². The number of amides is 2. The molecule has 1 aromatic heterocycles. The van der Waals surface area contributed by atoms with Gasteiger partial charge in [-0.15, -0.1) is 11.3 Å². The maximum atomic E-state index is 11.9. The molecule has 118 valence electrons. The molecular formula is C17H17N3O2S. The molecule has 0 atom stereocenters. The van der Waals surface area contributed by atoms with Crippen LogP contribution in [0.5, 0.6) is 0 Å². The number of thiazole rings is 1. The third kappa shape index (κ3) is 4.26. The first-order valence-electron chi connectivity index (χ1n) is 7.39. The van der Waals surface area contributed by atoms with E-state index in [2.05, 4.69) is 10.3 Å². The van der Waals surface area contributed by atoms with Crippen molar-refractivity contribution in [3.05, 3.63) is 57.8 Å². The molecule has 1 saturated carbocycles. The summed E-state index contributed by atoms with van der Waals surface area (Å²) < 4.78 is 1.80. The second kappa shape index (κ2) is 6.75. The van der Waals surface area contributed by atoms with Gasteiger partial charge in [-0.1, -0.05) is 12.1 Å². The molecule has 0 aliphatic heterocycles. The van der Waals surface area contributed by atoms with Gasteiger partial charge in [-0.3, -0.25) is 9.59 Å². The predicted molar refractivity (Wildman–Crippen MR) is 89.8 cm³/mol. The SMILES string of the molecule is Cn1ccsc1=NC(=O)/C=C/c1ccc(C(=O)NC2CC2)cc1. The summed E-state index contributed by atoms with van der Waals surface area (Å²) in [5.41, 5.74) is 1.49. The van der Waals surface area contributed by atoms with Crippen LogP contribution >= 0.6 is 11.3 Å². The van der Waals surface area contributed by atoms with E-state index in [9.17, 15) is 9.59 Å². The van der Waals surface area contributed by atoms with E-state index >= 15 is 0 Å². The molecule has 1 aliphatic rings. The van der Waals surface area contributed by atoms with Gasteiger partial charge in [0.25, 0.3) is 11.8 Å². The highest BCUT2D eigenvalue weighted by Crippen LogP contribution is 2.19. The van der Waals surface area contributed by atoms with Crippen LogP contribution in [0.15, 0.2) is 46.9 Å². The van der Waals surface area contributed by atoms with Crippen LogP contribution in [0.2, 0.25) is 0 Å². The summed E-state index contributed by atoms with van der Waals surface area (Å²) in [6.07, 6.45) is 7.12. The minimum Gasteiger partial charge on any atom is -0.349 e. The summed E-state index contributed by atoms with van der Waals surface area (Å²) >= 11 is 1.41. The minimum absolute atomic E-state index is 0.0423. The predicted octanol–water partition coefficient (Wildman–Crippen LogP) is 2.12. The van der Waals surface area contributed by atoms with Crippen LogP contribution in [-0.2, 0) is 11.8 Å². The Morgan fingerprint density at radius 2 is 2.04 bits per heavy atom. The van der Waals surface area contributed by atoms with Gasteiger partial charge in [0.2, 0.25) is 0 Å². The molecule has 0 bridgehead atoms. The van der Waals surface area contributed by atoms with Gasteiger partial charge in [0.15, 0.2) is 4.80 Å². The van der Waals surface area contributed by atoms with Crippen molar-refractivity contribution in [1.29, 1.82) is 0 Å². The lowest BCUT2D eigenvalue weighted by atomic mass is 10.1. The quantitative estimate of drug-likeness (QED) is 0.874. The second-order valence-electron chi connectivity index (χ2n) is 5.45. The van der Waals surface area contributed by atoms with Gasteiger partial charge in [-0.25, -0.2) is 0 Å². The highest BCUT2D eigenvalue weighted by molar-refractivity contribution is 7.07. The first-order valence-corrected chi connectivity index (χ1v) is 8.27. The van der Waals surface area contributed by atoms with Crippen molar-refractivity contribution < 1.29 is 9.59 Å². The molecule has 1 aromatic carbocycles. The van der Waals surface area contributed by atoms with Crippen molar-refractivity contribution in [3.63, 3.8) is 0 Å². The highest BCUT2D eigenvalue weighted by Gasteiger charge is 2.23. The molecule has 2 aromatic rings. The summed E-state index contributed by atoms with van der Waals surface area (Å²) in [6, 6.07) is 7.50. The Hall–Kier alpha value is -2.47. The van der Waals surface area contributed by atoms with Crippen LogP contribution in [0.1, 0.15) is 28.8 Å². The average Bonchev–Trinajstić information content (AvgIpc) is 3.28. The molecule has 3 rings (SSSR count). The zero-order chi connectivity index (χ0) is 16.2. The molecule has 1 N–H and O–H groups in total. The first kappa shape index (κ1) is 15.4. The molecule has 5 nitrogen and oxygen atoms in total. The van der Waals surface area contributed by atoms with E-state index < -0.39 is 0 Å². The van der Waals surface area contributed by atoms with Crippen molar-refractivity contribution in [3.8, 4) is 0 Å². The first-order chi connectivity index (χ1) is 11.1. The van der Waals surface area contributed by atoms with Crippen LogP contribution in [-0.4, -0.2) is 22.4 Å². The fourth-order valence-electron chi connectivity index (χ4n) is 1.98. The number of rotatable bonds is 4. The lowest BCUT2D eigenvalue weighted by Crippen LogP contribution is -2.25. The molecular weight excluding hydrogens is 310 g/mol. The summed E-state index contributed by atoms with van der Waals surface area (Å²) in [7, 11) is 1.84. The topological polar surface area (TPSA) is 63.5 Å². The van der Waals surface area contributed by atoms with Gasteiger partial charge in [-0.2, -0.15) is 4.99 Å². The Labute approximate surface area is 138 Å². The minimum atomic E-state index is -0.307. The van der Waals surface area contributed by atoms with E-state index in [-0.39, 0.29) is 11.8 Å². The summed E-state index contributed by atoms with van der Waals surface area (Å²) in [6.45, 7) is 0. The standard InChI is InChI=1S/C17H17N3O2S/c1-20-10-11-23-17(20)19-15(21)9-4-12-2-5-13(6-3-12)16(22)18-14-7-8-14/h2-6,9-11,14H,7-8H2,1H3,(H,18,22)/b9-4+,19-17?. The summed E-state index contributed by atoms with van der Waals surface area (Å²) in [5, 5.41) is 4.82. The number of hydrogen-bond acceptors (Lipinski definition) is 3. The zero-order valence-corrected chi connectivity index (χ0v) is 13.5. The molecule has 1 heterocycles. The van der Waals surface area contributed by atoms with Crippen molar-refractivity contribution in [2.45, 2.75) is 18.9 Å². The number of nitrogens with one attached hydrogen (secondary N) is 1. The van der Waals surface area contributed by atoms with Gasteiger partial charge in [0, 0.05) is 36.3 Å². The largest absolute Gasteiger partial charge is 0.349 e. The maximum absolute atomic E-state index is 11.9. The number of carbonyl (C=O) groups is 2. The molecule has 1 aliphatic carbocycles. The van der Waals surface area contributed by atoms with Gasteiger partial charge in [0.05, 0.1) is 0 Å². The molecule has 0 spiro atoms. The van der Waals surface area contributed by atoms with E-state index in [0.717, 1.165) is 18.4 Å². The zero-order valence-electron chi connectivity index (χ0n) is 12.7. The molecule has 1 fully saturated rings. The van der Waals surface area contributed by atoms with Crippen LogP contribution in [0.25, 0.3) is 6.08 Å². The van der Waals surface area contributed by atoms with Crippen LogP contribution < -0.4 is 10.1 Å². The molecule has 2 amide bonds. The molecule has 6 heteroatoms. The lowest BCUT2D eigenvalue weighted by Gasteiger charge is -2.03. The van der Waals surface area contributed by atoms with E-state index in [1.165, 1.54) is 17.4 Å². The van der Waals surface area contributed by atoms with Gasteiger partial charge in [-0.05, 0) is 36.6 Å². The number of carbonyl (C=O) groups excluding carboxylic acids is 2. The lowest BCUT2D eigenvalue weighted by molar-refractivity contribution is -0.113. The Morgan fingerprint density at radius 3 is 2.65 bits per heavy atom. The number of hydrogen-bond donors (Lipinski definition) is 1. The van der Waals surface area contributed by atoms with Crippen molar-refractivity contribution in [2.75, 3.05) is 0 Å². The van der Waals surface area contributed by atoms with Gasteiger partial charge < -0.3 is 9.88 Å². The Kier molecular flexibility index (Phi) is 4.52. The van der Waals surface area contributed by atoms with E-state index in [4.69, 9.17) is 0 Å². The Morgan fingerprint density at radius 1 is 1.30 bits per heavy atom. The summed E-state index contributed by atoms with van der Waals surface area (Å²) in [4.78, 5) is 28.4.